The number of nitrogens with one attached hydrogen (secondary N) is 1. The van der Waals surface area contributed by atoms with E-state index < -0.39 is 12.0 Å². The Morgan fingerprint density at radius 3 is 2.70 bits per heavy atom. The summed E-state index contributed by atoms with van der Waals surface area (Å²) < 4.78 is 11.0. The minimum Gasteiger partial charge on any atom is -0.493 e. The van der Waals surface area contributed by atoms with Crippen LogP contribution in [0.5, 0.6) is 11.5 Å². The zero-order valence-corrected chi connectivity index (χ0v) is 15.1. The Morgan fingerprint density at radius 2 is 1.96 bits per heavy atom. The monoisotopic (exact) mass is 364 g/mol. The fourth-order valence-electron chi connectivity index (χ4n) is 2.81. The van der Waals surface area contributed by atoms with Crippen LogP contribution in [0.1, 0.15) is 18.1 Å². The molecule has 3 aromatic rings. The van der Waals surface area contributed by atoms with Crippen LogP contribution in [0.2, 0.25) is 0 Å². The number of methoxy groups -OCH3 is 1. The van der Waals surface area contributed by atoms with Crippen LogP contribution in [0, 0.1) is 0 Å². The van der Waals surface area contributed by atoms with Gasteiger partial charge in [-0.2, -0.15) is 0 Å². The van der Waals surface area contributed by atoms with Gasteiger partial charge in [-0.1, -0.05) is 30.8 Å². The molecule has 1 atom stereocenters. The number of benzene rings is 2. The van der Waals surface area contributed by atoms with Gasteiger partial charge in [0.05, 0.1) is 12.6 Å². The minimum atomic E-state index is -0.894. The summed E-state index contributed by atoms with van der Waals surface area (Å²) in [7, 11) is 1.52. The van der Waals surface area contributed by atoms with E-state index in [2.05, 4.69) is 11.6 Å². The lowest BCUT2D eigenvalue weighted by molar-refractivity contribution is -0.135. The smallest absolute Gasteiger partial charge is 0.284 e. The van der Waals surface area contributed by atoms with Crippen molar-refractivity contribution < 1.29 is 19.5 Å². The van der Waals surface area contributed by atoms with Crippen LogP contribution in [-0.2, 0) is 4.79 Å². The summed E-state index contributed by atoms with van der Waals surface area (Å²) in [6.45, 7) is 5.76. The van der Waals surface area contributed by atoms with Crippen LogP contribution in [0.4, 0.5) is 0 Å². The first-order valence-electron chi connectivity index (χ1n) is 8.37. The molecular weight excluding hydrogens is 344 g/mol. The molecule has 138 valence electrons. The quantitative estimate of drug-likeness (QED) is 0.516. The molecule has 0 fully saturated rings. The van der Waals surface area contributed by atoms with E-state index in [0.29, 0.717) is 11.5 Å². The number of amides is 1. The summed E-state index contributed by atoms with van der Waals surface area (Å²) in [6.07, 6.45) is 0.853. The number of pyridine rings is 1. The van der Waals surface area contributed by atoms with Crippen molar-refractivity contribution in [3.8, 4) is 11.5 Å². The molecule has 0 aliphatic rings. The number of rotatable bonds is 6. The van der Waals surface area contributed by atoms with E-state index in [1.165, 1.54) is 14.0 Å². The van der Waals surface area contributed by atoms with Gasteiger partial charge in [0.15, 0.2) is 17.6 Å². The number of ether oxygens (including phenoxy) is 2. The standard InChI is InChI=1S/C21H20N2O4/c1-13(16-10-11-22-18-7-5-4-6-17(16)18)15-8-9-19(26-3)20(12-15)27-14(2)21(24)23-25/h4-12,14,25H,1H2,2-3H3,(H,23,24). The molecule has 1 heterocycles. The maximum Gasteiger partial charge on any atom is 0.284 e. The summed E-state index contributed by atoms with van der Waals surface area (Å²) in [6, 6.07) is 15.1. The Bertz CT molecular complexity index is 995. The number of hydroxylamine groups is 1. The molecule has 27 heavy (non-hydrogen) atoms. The van der Waals surface area contributed by atoms with Crippen molar-refractivity contribution in [3.05, 3.63) is 72.4 Å². The zero-order valence-electron chi connectivity index (χ0n) is 15.1. The molecule has 0 bridgehead atoms. The number of nitrogens with zero attached hydrogens (tertiary/aromatic N) is 1. The average molecular weight is 364 g/mol. The van der Waals surface area contributed by atoms with Gasteiger partial charge in [-0.15, -0.1) is 0 Å². The van der Waals surface area contributed by atoms with Gasteiger partial charge in [0, 0.05) is 11.6 Å². The Balaban J connectivity index is 2.00. The molecule has 1 aromatic heterocycles. The van der Waals surface area contributed by atoms with Gasteiger partial charge in [-0.3, -0.25) is 15.0 Å². The van der Waals surface area contributed by atoms with Crippen LogP contribution < -0.4 is 15.0 Å². The lowest BCUT2D eigenvalue weighted by Gasteiger charge is -2.17. The number of hydrogen-bond donors (Lipinski definition) is 2. The van der Waals surface area contributed by atoms with Gasteiger partial charge >= 0.3 is 0 Å². The molecule has 6 heteroatoms. The number of fused-ring (bicyclic) bond motifs is 1. The number of aromatic nitrogens is 1. The lowest BCUT2D eigenvalue weighted by atomic mass is 9.96. The maximum absolute atomic E-state index is 11.6. The molecule has 0 aliphatic carbocycles. The third-order valence-corrected chi connectivity index (χ3v) is 4.27. The van der Waals surface area contributed by atoms with E-state index in [-0.39, 0.29) is 0 Å². The highest BCUT2D eigenvalue weighted by molar-refractivity contribution is 5.95. The van der Waals surface area contributed by atoms with E-state index in [1.54, 1.807) is 23.8 Å². The first kappa shape index (κ1) is 18.4. The SMILES string of the molecule is C=C(c1ccc(OC)c(OC(C)C(=O)NO)c1)c1ccnc2ccccc12. The Kier molecular flexibility index (Phi) is 5.38. The number of carbonyl (C=O) groups is 1. The average Bonchev–Trinajstić information content (AvgIpc) is 2.72. The second-order valence-electron chi connectivity index (χ2n) is 5.96. The largest absolute Gasteiger partial charge is 0.493 e. The predicted octanol–water partition coefficient (Wildman–Crippen LogP) is 3.58. The highest BCUT2D eigenvalue weighted by Gasteiger charge is 2.17. The molecule has 2 aromatic carbocycles. The van der Waals surface area contributed by atoms with Crippen molar-refractivity contribution in [2.45, 2.75) is 13.0 Å². The number of carbonyl (C=O) groups excluding carboxylic acids is 1. The van der Waals surface area contributed by atoms with Crippen molar-refractivity contribution >= 4 is 22.4 Å². The maximum atomic E-state index is 11.6. The zero-order chi connectivity index (χ0) is 19.4. The van der Waals surface area contributed by atoms with E-state index in [0.717, 1.165) is 27.6 Å². The Hall–Kier alpha value is -3.38. The van der Waals surface area contributed by atoms with Crippen molar-refractivity contribution in [3.63, 3.8) is 0 Å². The summed E-state index contributed by atoms with van der Waals surface area (Å²) in [5.74, 6) is 0.204. The third kappa shape index (κ3) is 3.75. The van der Waals surface area contributed by atoms with E-state index in [1.807, 2.05) is 36.4 Å². The Morgan fingerprint density at radius 1 is 1.19 bits per heavy atom. The van der Waals surface area contributed by atoms with Crippen LogP contribution in [0.15, 0.2) is 61.3 Å². The second-order valence-corrected chi connectivity index (χ2v) is 5.96. The number of hydrogen-bond acceptors (Lipinski definition) is 5. The molecule has 2 N–H and O–H groups in total. The first-order valence-corrected chi connectivity index (χ1v) is 8.37. The van der Waals surface area contributed by atoms with Gasteiger partial charge in [-0.25, -0.2) is 5.48 Å². The fourth-order valence-corrected chi connectivity index (χ4v) is 2.81. The highest BCUT2D eigenvalue weighted by Crippen LogP contribution is 2.34. The molecule has 0 radical (unpaired) electrons. The molecule has 0 aliphatic heterocycles. The summed E-state index contributed by atoms with van der Waals surface area (Å²) >= 11 is 0. The van der Waals surface area contributed by atoms with Crippen molar-refractivity contribution in [2.24, 2.45) is 0 Å². The predicted molar refractivity (Wildman–Crippen MR) is 103 cm³/mol. The van der Waals surface area contributed by atoms with Crippen molar-refractivity contribution in [1.29, 1.82) is 0 Å². The van der Waals surface area contributed by atoms with Gasteiger partial charge in [0.25, 0.3) is 5.91 Å². The normalized spacial score (nSPS) is 11.7. The van der Waals surface area contributed by atoms with Crippen LogP contribution in [-0.4, -0.2) is 29.3 Å². The molecule has 0 saturated heterocycles. The molecule has 1 unspecified atom stereocenters. The van der Waals surface area contributed by atoms with Gasteiger partial charge < -0.3 is 9.47 Å². The second kappa shape index (κ2) is 7.88. The molecule has 0 saturated carbocycles. The lowest BCUT2D eigenvalue weighted by Crippen LogP contribution is -2.34. The number of para-hydroxylation sites is 1. The van der Waals surface area contributed by atoms with E-state index in [9.17, 15) is 4.79 Å². The third-order valence-electron chi connectivity index (χ3n) is 4.27. The highest BCUT2D eigenvalue weighted by atomic mass is 16.5. The van der Waals surface area contributed by atoms with Gasteiger partial charge in [0.1, 0.15) is 0 Å². The first-order chi connectivity index (χ1) is 13.0. The van der Waals surface area contributed by atoms with E-state index >= 15 is 0 Å². The molecule has 3 rings (SSSR count). The summed E-state index contributed by atoms with van der Waals surface area (Å²) in [5, 5.41) is 9.77. The van der Waals surface area contributed by atoms with Crippen LogP contribution >= 0.6 is 0 Å². The fraction of sp³-hybridized carbons (Fsp3) is 0.143. The summed E-state index contributed by atoms with van der Waals surface area (Å²) in [5.41, 5.74) is 5.03. The van der Waals surface area contributed by atoms with Gasteiger partial charge in [-0.05, 0) is 47.9 Å². The van der Waals surface area contributed by atoms with Crippen molar-refractivity contribution in [2.75, 3.05) is 7.11 Å². The topological polar surface area (TPSA) is 80.7 Å². The molecular formula is C21H20N2O4. The molecule has 0 spiro atoms. The van der Waals surface area contributed by atoms with Crippen LogP contribution in [0.25, 0.3) is 16.5 Å². The van der Waals surface area contributed by atoms with Gasteiger partial charge in [0.2, 0.25) is 0 Å². The molecule has 1 amide bonds. The summed E-state index contributed by atoms with van der Waals surface area (Å²) in [4.78, 5) is 15.9. The minimum absolute atomic E-state index is 0.380. The van der Waals surface area contributed by atoms with E-state index in [4.69, 9.17) is 14.7 Å². The van der Waals surface area contributed by atoms with Crippen LogP contribution in [0.3, 0.4) is 0 Å². The Labute approximate surface area is 157 Å². The molecule has 6 nitrogen and oxygen atoms in total. The van der Waals surface area contributed by atoms with Crippen molar-refractivity contribution in [1.82, 2.24) is 10.5 Å².